The summed E-state index contributed by atoms with van der Waals surface area (Å²) in [5.41, 5.74) is 0.753. The molecule has 1 aliphatic heterocycles. The number of hydrogen-bond acceptors (Lipinski definition) is 4. The number of aliphatic carboxylic acids is 1. The molecule has 5 heteroatoms. The van der Waals surface area contributed by atoms with Gasteiger partial charge in [-0.05, 0) is 24.9 Å². The first-order chi connectivity index (χ1) is 8.54. The number of nitrogens with zero attached hydrogens (tertiary/aromatic N) is 1. The van der Waals surface area contributed by atoms with Gasteiger partial charge in [0.05, 0.1) is 0 Å². The number of carboxylic acid groups (broad SMARTS) is 1. The first kappa shape index (κ1) is 12.7. The minimum Gasteiger partial charge on any atom is -0.508 e. The third kappa shape index (κ3) is 3.13. The Bertz CT molecular complexity index is 447. The molecule has 18 heavy (non-hydrogen) atoms. The van der Waals surface area contributed by atoms with Crippen LogP contribution in [0.5, 0.6) is 11.5 Å². The fourth-order valence-corrected chi connectivity index (χ4v) is 2.40. The summed E-state index contributed by atoms with van der Waals surface area (Å²) in [7, 11) is 0. The van der Waals surface area contributed by atoms with Gasteiger partial charge in [0.15, 0.2) is 0 Å². The van der Waals surface area contributed by atoms with Crippen LogP contribution in [0.1, 0.15) is 18.4 Å². The predicted molar refractivity (Wildman–Crippen MR) is 65.4 cm³/mol. The van der Waals surface area contributed by atoms with Gasteiger partial charge in [0, 0.05) is 31.1 Å². The van der Waals surface area contributed by atoms with Gasteiger partial charge in [0.25, 0.3) is 0 Å². The predicted octanol–water partition coefficient (Wildman–Crippen LogP) is 1.39. The molecule has 0 amide bonds. The zero-order chi connectivity index (χ0) is 13.1. The van der Waals surface area contributed by atoms with Crippen molar-refractivity contribution in [3.8, 4) is 11.5 Å². The van der Waals surface area contributed by atoms with Crippen LogP contribution in [0, 0.1) is 5.92 Å². The summed E-state index contributed by atoms with van der Waals surface area (Å²) in [6.45, 7) is 2.17. The standard InChI is InChI=1S/C13H17NO4/c15-11-2-1-10(12(16)6-11)8-14-4-3-9(7-14)5-13(17)18/h1-2,6,9,15-16H,3-5,7-8H2,(H,17,18). The van der Waals surface area contributed by atoms with E-state index in [4.69, 9.17) is 5.11 Å². The molecule has 98 valence electrons. The summed E-state index contributed by atoms with van der Waals surface area (Å²) < 4.78 is 0. The Kier molecular flexibility index (Phi) is 3.72. The summed E-state index contributed by atoms with van der Waals surface area (Å²) in [6.07, 6.45) is 1.09. The van der Waals surface area contributed by atoms with Crippen molar-refractivity contribution in [3.05, 3.63) is 23.8 Å². The first-order valence-corrected chi connectivity index (χ1v) is 5.99. The number of aromatic hydroxyl groups is 2. The second-order valence-electron chi connectivity index (χ2n) is 4.80. The molecule has 1 fully saturated rings. The smallest absolute Gasteiger partial charge is 0.303 e. The van der Waals surface area contributed by atoms with Crippen LogP contribution in [0.4, 0.5) is 0 Å². The highest BCUT2D eigenvalue weighted by Gasteiger charge is 2.24. The summed E-state index contributed by atoms with van der Waals surface area (Å²) in [5, 5.41) is 27.6. The van der Waals surface area contributed by atoms with Gasteiger partial charge in [-0.2, -0.15) is 0 Å². The van der Waals surface area contributed by atoms with E-state index in [0.717, 1.165) is 25.1 Å². The maximum atomic E-state index is 10.6. The third-order valence-corrected chi connectivity index (χ3v) is 3.30. The fraction of sp³-hybridized carbons (Fsp3) is 0.462. The summed E-state index contributed by atoms with van der Waals surface area (Å²) in [6, 6.07) is 4.55. The lowest BCUT2D eigenvalue weighted by Gasteiger charge is -2.16. The van der Waals surface area contributed by atoms with E-state index in [0.29, 0.717) is 6.54 Å². The topological polar surface area (TPSA) is 81.0 Å². The highest BCUT2D eigenvalue weighted by molar-refractivity contribution is 5.67. The summed E-state index contributed by atoms with van der Waals surface area (Å²) >= 11 is 0. The largest absolute Gasteiger partial charge is 0.508 e. The first-order valence-electron chi connectivity index (χ1n) is 5.99. The SMILES string of the molecule is O=C(O)CC1CCN(Cc2ccc(O)cc2O)C1. The molecule has 0 aromatic heterocycles. The van der Waals surface area contributed by atoms with Crippen LogP contribution < -0.4 is 0 Å². The van der Waals surface area contributed by atoms with Crippen LogP contribution in [-0.2, 0) is 11.3 Å². The van der Waals surface area contributed by atoms with Crippen LogP contribution in [-0.4, -0.2) is 39.3 Å². The van der Waals surface area contributed by atoms with E-state index < -0.39 is 5.97 Å². The molecule has 1 saturated heterocycles. The average Bonchev–Trinajstić information content (AvgIpc) is 2.69. The minimum absolute atomic E-state index is 0.0430. The van der Waals surface area contributed by atoms with E-state index >= 15 is 0 Å². The number of benzene rings is 1. The van der Waals surface area contributed by atoms with Gasteiger partial charge in [-0.1, -0.05) is 6.07 Å². The maximum Gasteiger partial charge on any atom is 0.303 e. The van der Waals surface area contributed by atoms with Crippen molar-refractivity contribution in [1.82, 2.24) is 4.90 Å². The van der Waals surface area contributed by atoms with Crippen LogP contribution in [0.25, 0.3) is 0 Å². The normalized spacial score (nSPS) is 20.1. The molecule has 1 atom stereocenters. The van der Waals surface area contributed by atoms with Gasteiger partial charge < -0.3 is 15.3 Å². The second kappa shape index (κ2) is 5.27. The van der Waals surface area contributed by atoms with E-state index in [1.165, 1.54) is 6.07 Å². The zero-order valence-electron chi connectivity index (χ0n) is 10.0. The van der Waals surface area contributed by atoms with Crippen molar-refractivity contribution in [2.45, 2.75) is 19.4 Å². The average molecular weight is 251 g/mol. The van der Waals surface area contributed by atoms with Crippen molar-refractivity contribution in [1.29, 1.82) is 0 Å². The van der Waals surface area contributed by atoms with Crippen molar-refractivity contribution in [2.24, 2.45) is 5.92 Å². The fourth-order valence-electron chi connectivity index (χ4n) is 2.40. The maximum absolute atomic E-state index is 10.6. The Balaban J connectivity index is 1.93. The van der Waals surface area contributed by atoms with Gasteiger partial charge in [0.1, 0.15) is 11.5 Å². The Morgan fingerprint density at radius 1 is 1.39 bits per heavy atom. The number of hydrogen-bond donors (Lipinski definition) is 3. The van der Waals surface area contributed by atoms with Gasteiger partial charge in [0.2, 0.25) is 0 Å². The van der Waals surface area contributed by atoms with Crippen molar-refractivity contribution in [2.75, 3.05) is 13.1 Å². The Morgan fingerprint density at radius 2 is 2.17 bits per heavy atom. The summed E-state index contributed by atoms with van der Waals surface area (Å²) in [5.74, 6) is -0.436. The van der Waals surface area contributed by atoms with E-state index in [-0.39, 0.29) is 23.8 Å². The van der Waals surface area contributed by atoms with Gasteiger partial charge in [-0.3, -0.25) is 9.69 Å². The second-order valence-corrected chi connectivity index (χ2v) is 4.80. The quantitative estimate of drug-likeness (QED) is 0.753. The highest BCUT2D eigenvalue weighted by Crippen LogP contribution is 2.27. The lowest BCUT2D eigenvalue weighted by molar-refractivity contribution is -0.138. The molecule has 0 spiro atoms. The molecule has 1 unspecified atom stereocenters. The molecule has 0 radical (unpaired) electrons. The highest BCUT2D eigenvalue weighted by atomic mass is 16.4. The van der Waals surface area contributed by atoms with Crippen LogP contribution in [0.15, 0.2) is 18.2 Å². The number of phenolic OH excluding ortho intramolecular Hbond substituents is 2. The molecule has 3 N–H and O–H groups in total. The molecule has 0 bridgehead atoms. The molecule has 1 aromatic carbocycles. The lowest BCUT2D eigenvalue weighted by atomic mass is 10.1. The number of carboxylic acids is 1. The molecule has 2 rings (SSSR count). The molecule has 0 aliphatic carbocycles. The Hall–Kier alpha value is -1.75. The van der Waals surface area contributed by atoms with E-state index in [1.54, 1.807) is 12.1 Å². The van der Waals surface area contributed by atoms with E-state index in [2.05, 4.69) is 4.90 Å². The molecule has 1 heterocycles. The Morgan fingerprint density at radius 3 is 2.83 bits per heavy atom. The molecule has 0 saturated carbocycles. The molecule has 1 aliphatic rings. The van der Waals surface area contributed by atoms with Gasteiger partial charge in [-0.25, -0.2) is 0 Å². The van der Waals surface area contributed by atoms with Crippen LogP contribution in [0.2, 0.25) is 0 Å². The van der Waals surface area contributed by atoms with Crippen molar-refractivity contribution < 1.29 is 20.1 Å². The number of rotatable bonds is 4. The van der Waals surface area contributed by atoms with Gasteiger partial charge in [-0.15, -0.1) is 0 Å². The van der Waals surface area contributed by atoms with Gasteiger partial charge >= 0.3 is 5.97 Å². The van der Waals surface area contributed by atoms with E-state index in [9.17, 15) is 15.0 Å². The minimum atomic E-state index is -0.755. The Labute approximate surface area is 105 Å². The molecular formula is C13H17NO4. The number of likely N-dealkylation sites (tertiary alicyclic amines) is 1. The number of phenols is 2. The molecule has 1 aromatic rings. The lowest BCUT2D eigenvalue weighted by Crippen LogP contribution is -2.20. The van der Waals surface area contributed by atoms with E-state index in [1.807, 2.05) is 0 Å². The van der Waals surface area contributed by atoms with Crippen molar-refractivity contribution >= 4 is 5.97 Å². The van der Waals surface area contributed by atoms with Crippen LogP contribution in [0.3, 0.4) is 0 Å². The monoisotopic (exact) mass is 251 g/mol. The summed E-state index contributed by atoms with van der Waals surface area (Å²) in [4.78, 5) is 12.8. The molecule has 5 nitrogen and oxygen atoms in total. The number of carbonyl (C=O) groups is 1. The zero-order valence-corrected chi connectivity index (χ0v) is 10.0. The van der Waals surface area contributed by atoms with Crippen LogP contribution >= 0.6 is 0 Å². The van der Waals surface area contributed by atoms with Crippen molar-refractivity contribution in [3.63, 3.8) is 0 Å². The third-order valence-electron chi connectivity index (χ3n) is 3.30. The molecular weight excluding hydrogens is 234 g/mol.